The van der Waals surface area contributed by atoms with Crippen molar-refractivity contribution in [2.45, 2.75) is 0 Å². The van der Waals surface area contributed by atoms with Crippen molar-refractivity contribution in [2.24, 2.45) is 5.73 Å². The Kier molecular flexibility index (Phi) is 20.9. The first-order valence-corrected chi connectivity index (χ1v) is 1.19. The molecule has 0 heterocycles. The van der Waals surface area contributed by atoms with Gasteiger partial charge in [-0.3, -0.25) is 9.50 Å². The van der Waals surface area contributed by atoms with Gasteiger partial charge in [-0.2, -0.15) is 0 Å². The molecule has 3 nitrogen and oxygen atoms in total. The molecule has 3 N–H and O–H groups in total. The Balaban J connectivity index is -0.0000000800. The first-order valence-electron chi connectivity index (χ1n) is 1.19. The van der Waals surface area contributed by atoms with Gasteiger partial charge in [0.25, 0.3) is 0 Å². The highest BCUT2D eigenvalue weighted by Gasteiger charge is 1.81. The number of nitrogens with two attached hydrogens (primary N) is 1. The van der Waals surface area contributed by atoms with Crippen LogP contribution in [0.5, 0.6) is 0 Å². The van der Waals surface area contributed by atoms with E-state index in [0.29, 0.717) is 0 Å². The minimum atomic E-state index is -0.968. The molecule has 44 valence electrons. The number of halogens is 1. The van der Waals surface area contributed by atoms with Gasteiger partial charge in [0, 0.05) is 0 Å². The van der Waals surface area contributed by atoms with E-state index >= 15 is 0 Å². The smallest absolute Gasteiger partial charge is 0.317 e. The first-order chi connectivity index (χ1) is 2.27. The van der Waals surface area contributed by atoms with Crippen molar-refractivity contribution in [1.29, 1.82) is 0 Å². The number of hydrogen-bond acceptors (Lipinski definition) is 2. The normalized spacial score (nSPS) is 5.29. The van der Waals surface area contributed by atoms with Gasteiger partial charge in [0.2, 0.25) is 0 Å². The summed E-state index contributed by atoms with van der Waals surface area (Å²) >= 11 is 0. The predicted octanol–water partition coefficient (Wildman–Crippen LogP) is -2.00. The van der Waals surface area contributed by atoms with E-state index in [0.717, 1.165) is 0 Å². The van der Waals surface area contributed by atoms with Crippen LogP contribution in [0.25, 0.3) is 0 Å². The Morgan fingerprint density at radius 3 is 1.86 bits per heavy atom. The van der Waals surface area contributed by atoms with Crippen LogP contribution in [0.15, 0.2) is 0 Å². The van der Waals surface area contributed by atoms with E-state index in [4.69, 9.17) is 5.11 Å². The lowest BCUT2D eigenvalue weighted by Gasteiger charge is -1.73. The van der Waals surface area contributed by atoms with E-state index in [2.05, 4.69) is 5.73 Å². The summed E-state index contributed by atoms with van der Waals surface area (Å²) in [6.07, 6.45) is 0. The minimum Gasteiger partial charge on any atom is -0.480 e. The average Bonchev–Trinajstić information content (AvgIpc) is 1.38. The molecule has 0 amide bonds. The Hall–Kier alpha value is -0.575. The zero-order valence-corrected chi connectivity index (χ0v) is 3.05. The summed E-state index contributed by atoms with van der Waals surface area (Å²) in [5.41, 5.74) is 4.57. The van der Waals surface area contributed by atoms with E-state index in [9.17, 15) is 4.79 Å². The fraction of sp³-hybridized carbons (Fsp3) is 0.500. The molecule has 0 aliphatic carbocycles. The summed E-state index contributed by atoms with van der Waals surface area (Å²) in [6, 6.07) is 0. The summed E-state index contributed by atoms with van der Waals surface area (Å²) in [6.45, 7) is -0.278. The Morgan fingerprint density at radius 1 is 1.71 bits per heavy atom. The maximum Gasteiger partial charge on any atom is 0.317 e. The summed E-state index contributed by atoms with van der Waals surface area (Å²) in [4.78, 5) is 9.24. The van der Waals surface area contributed by atoms with Gasteiger partial charge >= 0.3 is 5.97 Å². The van der Waals surface area contributed by atoms with Gasteiger partial charge in [-0.25, -0.2) is 0 Å². The van der Waals surface area contributed by atoms with E-state index in [-0.39, 0.29) is 19.7 Å². The number of carboxylic acids is 1. The Bertz CT molecular complexity index is 51.0. The van der Waals surface area contributed by atoms with Crippen LogP contribution in [-0.2, 0) is 4.79 Å². The molecule has 0 fully saturated rings. The van der Waals surface area contributed by atoms with Crippen molar-refractivity contribution in [3.63, 3.8) is 0 Å². The van der Waals surface area contributed by atoms with Gasteiger partial charge in [-0.05, 0) is 0 Å². The molecule has 0 unspecified atom stereocenters. The second-order valence-electron chi connectivity index (χ2n) is 0.598. The van der Waals surface area contributed by atoms with Crippen molar-refractivity contribution >= 4 is 14.4 Å². The topological polar surface area (TPSA) is 63.3 Å². The molecule has 0 spiro atoms. The molecule has 0 radical (unpaired) electrons. The van der Waals surface area contributed by atoms with Gasteiger partial charge in [0.1, 0.15) is 0 Å². The predicted molar refractivity (Wildman–Crippen MR) is 29.1 cm³/mol. The van der Waals surface area contributed by atoms with Crippen LogP contribution in [0.3, 0.4) is 0 Å². The Morgan fingerprint density at radius 2 is 1.86 bits per heavy atom. The fourth-order valence-electron chi connectivity index (χ4n) is 0. The number of carboxylic acid groups (broad SMARTS) is 1. The largest absolute Gasteiger partial charge is 0.480 e. The highest BCUT2D eigenvalue weighted by molar-refractivity contribution is 5.75. The second kappa shape index (κ2) is 9.06. The minimum absolute atomic E-state index is 0. The van der Waals surface area contributed by atoms with E-state index in [1.54, 1.807) is 0 Å². The third kappa shape index (κ3) is 31.3. The lowest BCUT2D eigenvalue weighted by molar-refractivity contribution is -0.135. The third-order valence-electron chi connectivity index (χ3n) is 0.175. The molecule has 0 aromatic heterocycles. The second-order valence-corrected chi connectivity index (χ2v) is 0.598. The molecular formula is C2H9BFNO2. The maximum absolute atomic E-state index is 9.24. The lowest BCUT2D eigenvalue weighted by Crippen LogP contribution is -2.10. The van der Waals surface area contributed by atoms with Gasteiger partial charge in [-0.1, -0.05) is 0 Å². The summed E-state index contributed by atoms with van der Waals surface area (Å²) < 4.78 is 0. The van der Waals surface area contributed by atoms with Crippen molar-refractivity contribution in [2.75, 3.05) is 6.54 Å². The van der Waals surface area contributed by atoms with Gasteiger partial charge in [0.05, 0.1) is 15.0 Å². The number of aliphatic carboxylic acids is 1. The SMILES string of the molecule is B.F.NCC(=O)O. The monoisotopic (exact) mass is 109 g/mol. The van der Waals surface area contributed by atoms with Crippen LogP contribution < -0.4 is 5.73 Å². The van der Waals surface area contributed by atoms with Crippen LogP contribution in [0, 0.1) is 0 Å². The summed E-state index contributed by atoms with van der Waals surface area (Å²) in [7, 11) is 0. The zero-order valence-electron chi connectivity index (χ0n) is 3.05. The van der Waals surface area contributed by atoms with Crippen molar-refractivity contribution < 1.29 is 14.6 Å². The van der Waals surface area contributed by atoms with Crippen LogP contribution in [0.4, 0.5) is 4.70 Å². The molecule has 5 heteroatoms. The molecule has 0 rings (SSSR count). The molecule has 0 atom stereocenters. The fourth-order valence-corrected chi connectivity index (χ4v) is 0. The quantitative estimate of drug-likeness (QED) is 0.382. The Labute approximate surface area is 42.5 Å². The van der Waals surface area contributed by atoms with Crippen molar-refractivity contribution in [1.82, 2.24) is 0 Å². The third-order valence-corrected chi connectivity index (χ3v) is 0.175. The number of rotatable bonds is 1. The highest BCUT2D eigenvalue weighted by Crippen LogP contribution is 1.43. The molecule has 0 aliphatic rings. The van der Waals surface area contributed by atoms with E-state index in [1.165, 1.54) is 0 Å². The van der Waals surface area contributed by atoms with Crippen LogP contribution in [0.1, 0.15) is 0 Å². The molecular weight excluding hydrogens is 99.8 g/mol. The van der Waals surface area contributed by atoms with E-state index in [1.807, 2.05) is 0 Å². The number of carbonyl (C=O) groups is 1. The molecule has 0 saturated heterocycles. The highest BCUT2D eigenvalue weighted by atomic mass is 19.0. The standard InChI is InChI=1S/C2H5NO2.BH3.FH/c3-1-2(4)5;;/h1,3H2,(H,4,5);1H3;1H. The van der Waals surface area contributed by atoms with Crippen LogP contribution in [0.2, 0.25) is 0 Å². The number of hydrogen-bond donors (Lipinski definition) is 2. The van der Waals surface area contributed by atoms with Crippen molar-refractivity contribution in [3.8, 4) is 0 Å². The molecule has 0 aromatic carbocycles. The average molecular weight is 109 g/mol. The first kappa shape index (κ1) is 16.1. The maximum atomic E-state index is 9.24. The van der Waals surface area contributed by atoms with Gasteiger partial charge in [0.15, 0.2) is 0 Å². The van der Waals surface area contributed by atoms with Gasteiger partial charge in [-0.15, -0.1) is 0 Å². The lowest BCUT2D eigenvalue weighted by atomic mass is 10.7. The van der Waals surface area contributed by atoms with E-state index < -0.39 is 5.97 Å². The molecule has 0 saturated carbocycles. The molecule has 0 bridgehead atoms. The zero-order chi connectivity index (χ0) is 4.28. The molecule has 0 aromatic rings. The van der Waals surface area contributed by atoms with Gasteiger partial charge < -0.3 is 10.8 Å². The van der Waals surface area contributed by atoms with Crippen molar-refractivity contribution in [3.05, 3.63) is 0 Å². The summed E-state index contributed by atoms with van der Waals surface area (Å²) in [5.74, 6) is -0.968. The molecule has 7 heavy (non-hydrogen) atoms. The van der Waals surface area contributed by atoms with Crippen LogP contribution >= 0.6 is 0 Å². The molecule has 0 aliphatic heterocycles. The van der Waals surface area contributed by atoms with Crippen LogP contribution in [-0.4, -0.2) is 26.0 Å². The summed E-state index contributed by atoms with van der Waals surface area (Å²) in [5, 5.41) is 7.60.